The van der Waals surface area contributed by atoms with E-state index in [0.717, 1.165) is 24.8 Å². The van der Waals surface area contributed by atoms with Crippen molar-refractivity contribution in [2.75, 3.05) is 6.61 Å². The van der Waals surface area contributed by atoms with E-state index in [1.165, 1.54) is 0 Å². The Morgan fingerprint density at radius 3 is 2.82 bits per heavy atom. The molecule has 0 unspecified atom stereocenters. The Balaban J connectivity index is 1.59. The monoisotopic (exact) mass is 304 g/mol. The summed E-state index contributed by atoms with van der Waals surface area (Å²) in [4.78, 5) is 27.0. The highest BCUT2D eigenvalue weighted by Crippen LogP contribution is 2.35. The number of fused-ring (bicyclic) bond motifs is 1. The van der Waals surface area contributed by atoms with Crippen LogP contribution in [0.15, 0.2) is 16.7 Å². The second-order valence-electron chi connectivity index (χ2n) is 6.50. The first-order chi connectivity index (χ1) is 10.6. The maximum absolute atomic E-state index is 12.8. The zero-order valence-corrected chi connectivity index (χ0v) is 12.6. The van der Waals surface area contributed by atoms with Gasteiger partial charge in [0.25, 0.3) is 5.91 Å². The molecule has 3 heterocycles. The van der Waals surface area contributed by atoms with Gasteiger partial charge in [-0.25, -0.2) is 0 Å². The second kappa shape index (κ2) is 5.12. The van der Waals surface area contributed by atoms with Gasteiger partial charge in [0.1, 0.15) is 6.04 Å². The molecule has 1 aromatic heterocycles. The Labute approximate surface area is 128 Å². The molecule has 4 rings (SSSR count). The topological polar surface area (TPSA) is 71.8 Å². The minimum absolute atomic E-state index is 0.0205. The Kier molecular flexibility index (Phi) is 3.22. The van der Waals surface area contributed by atoms with Crippen LogP contribution in [0.3, 0.4) is 0 Å². The van der Waals surface area contributed by atoms with Gasteiger partial charge in [0, 0.05) is 19.1 Å². The fraction of sp³-hybridized carbons (Fsp3) is 0.625. The van der Waals surface area contributed by atoms with Gasteiger partial charge < -0.3 is 19.4 Å². The summed E-state index contributed by atoms with van der Waals surface area (Å²) in [6.45, 7) is 2.52. The minimum atomic E-state index is -0.450. The third kappa shape index (κ3) is 2.31. The highest BCUT2D eigenvalue weighted by molar-refractivity contribution is 5.96. The fourth-order valence-corrected chi connectivity index (χ4v) is 3.47. The highest BCUT2D eigenvalue weighted by Gasteiger charge is 2.50. The first-order valence-electron chi connectivity index (χ1n) is 7.93. The van der Waals surface area contributed by atoms with Crippen molar-refractivity contribution in [1.29, 1.82) is 0 Å². The molecule has 6 nitrogen and oxygen atoms in total. The van der Waals surface area contributed by atoms with Crippen molar-refractivity contribution >= 4 is 11.8 Å². The Morgan fingerprint density at radius 2 is 2.14 bits per heavy atom. The largest absolute Gasteiger partial charge is 0.459 e. The number of furan rings is 1. The lowest BCUT2D eigenvalue weighted by Gasteiger charge is -2.27. The summed E-state index contributed by atoms with van der Waals surface area (Å²) in [5, 5.41) is 3.01. The molecular weight excluding hydrogens is 284 g/mol. The Morgan fingerprint density at radius 1 is 1.32 bits per heavy atom. The number of hydrogen-bond donors (Lipinski definition) is 1. The van der Waals surface area contributed by atoms with Crippen LogP contribution in [0.1, 0.15) is 41.8 Å². The molecule has 1 saturated carbocycles. The number of aryl methyl sites for hydroxylation is 1. The molecular formula is C16H20N2O4. The molecule has 0 aromatic carbocycles. The summed E-state index contributed by atoms with van der Waals surface area (Å²) in [7, 11) is 0. The first kappa shape index (κ1) is 13.8. The number of hydrogen-bond acceptors (Lipinski definition) is 4. The molecule has 0 bridgehead atoms. The van der Waals surface area contributed by atoms with Crippen LogP contribution in [0.25, 0.3) is 0 Å². The lowest BCUT2D eigenvalue weighted by molar-refractivity contribution is -0.125. The molecule has 118 valence electrons. The van der Waals surface area contributed by atoms with Crippen LogP contribution in [0.4, 0.5) is 0 Å². The average molecular weight is 304 g/mol. The van der Waals surface area contributed by atoms with E-state index in [-0.39, 0.29) is 30.0 Å². The predicted octanol–water partition coefficient (Wildman–Crippen LogP) is 1.24. The van der Waals surface area contributed by atoms with Crippen LogP contribution in [0.2, 0.25) is 0 Å². The van der Waals surface area contributed by atoms with E-state index in [9.17, 15) is 9.59 Å². The average Bonchev–Trinajstić information content (AvgIpc) is 2.90. The summed E-state index contributed by atoms with van der Waals surface area (Å²) in [6, 6.07) is 1.54. The summed E-state index contributed by atoms with van der Waals surface area (Å²) in [5.41, 5.74) is 0.903. The lowest BCUT2D eigenvalue weighted by atomic mass is 10.1. The zero-order chi connectivity index (χ0) is 15.3. The van der Waals surface area contributed by atoms with Gasteiger partial charge in [-0.05, 0) is 37.8 Å². The molecule has 3 aliphatic rings. The van der Waals surface area contributed by atoms with Crippen molar-refractivity contribution in [1.82, 2.24) is 10.2 Å². The number of ether oxygens (including phenoxy) is 1. The summed E-state index contributed by atoms with van der Waals surface area (Å²) < 4.78 is 11.0. The van der Waals surface area contributed by atoms with Crippen LogP contribution >= 0.6 is 0 Å². The lowest BCUT2D eigenvalue weighted by Crippen LogP contribution is -2.49. The molecule has 1 aromatic rings. The molecule has 1 N–H and O–H groups in total. The van der Waals surface area contributed by atoms with Crippen molar-refractivity contribution in [3.8, 4) is 0 Å². The Hall–Kier alpha value is -1.82. The van der Waals surface area contributed by atoms with Crippen molar-refractivity contribution in [3.05, 3.63) is 23.7 Å². The summed E-state index contributed by atoms with van der Waals surface area (Å²) >= 11 is 0. The Bertz CT molecular complexity index is 607. The van der Waals surface area contributed by atoms with Gasteiger partial charge in [-0.1, -0.05) is 0 Å². The van der Waals surface area contributed by atoms with Crippen LogP contribution < -0.4 is 5.32 Å². The van der Waals surface area contributed by atoms with Crippen LogP contribution in [-0.4, -0.2) is 47.6 Å². The third-order valence-electron chi connectivity index (χ3n) is 4.73. The molecule has 2 aliphatic heterocycles. The molecule has 0 spiro atoms. The van der Waals surface area contributed by atoms with Crippen LogP contribution in [-0.2, 0) is 9.53 Å². The maximum atomic E-state index is 12.8. The normalized spacial score (nSPS) is 30.4. The summed E-state index contributed by atoms with van der Waals surface area (Å²) in [6.07, 6.45) is 4.96. The van der Waals surface area contributed by atoms with Crippen LogP contribution in [0, 0.1) is 6.92 Å². The number of nitrogens with one attached hydrogen (secondary N) is 1. The molecule has 2 amide bonds. The molecule has 22 heavy (non-hydrogen) atoms. The van der Waals surface area contributed by atoms with E-state index in [1.54, 1.807) is 17.2 Å². The van der Waals surface area contributed by atoms with Gasteiger partial charge in [0.15, 0.2) is 5.76 Å². The van der Waals surface area contributed by atoms with Gasteiger partial charge in [-0.3, -0.25) is 9.59 Å². The van der Waals surface area contributed by atoms with E-state index >= 15 is 0 Å². The van der Waals surface area contributed by atoms with Crippen molar-refractivity contribution in [3.63, 3.8) is 0 Å². The van der Waals surface area contributed by atoms with Gasteiger partial charge in [0.05, 0.1) is 18.4 Å². The SMILES string of the molecule is Cc1coc(C(=O)N2[C@H](C(=O)NC3CC3)C[C@@H]3OCC[C@@H]32)c1. The fourth-order valence-electron chi connectivity index (χ4n) is 3.47. The first-order valence-corrected chi connectivity index (χ1v) is 7.93. The van der Waals surface area contributed by atoms with Gasteiger partial charge >= 0.3 is 0 Å². The van der Waals surface area contributed by atoms with Gasteiger partial charge in [0.2, 0.25) is 5.91 Å². The van der Waals surface area contributed by atoms with Gasteiger partial charge in [-0.2, -0.15) is 0 Å². The molecule has 0 radical (unpaired) electrons. The predicted molar refractivity (Wildman–Crippen MR) is 77.3 cm³/mol. The number of rotatable bonds is 3. The number of carbonyl (C=O) groups is 2. The van der Waals surface area contributed by atoms with E-state index in [0.29, 0.717) is 18.8 Å². The number of likely N-dealkylation sites (tertiary alicyclic amines) is 1. The van der Waals surface area contributed by atoms with E-state index in [4.69, 9.17) is 9.15 Å². The second-order valence-corrected chi connectivity index (χ2v) is 6.50. The zero-order valence-electron chi connectivity index (χ0n) is 12.6. The van der Waals surface area contributed by atoms with E-state index in [1.807, 2.05) is 6.92 Å². The van der Waals surface area contributed by atoms with E-state index in [2.05, 4.69) is 5.32 Å². The number of nitrogens with zero attached hydrogens (tertiary/aromatic N) is 1. The van der Waals surface area contributed by atoms with Crippen molar-refractivity contribution in [2.45, 2.75) is 56.8 Å². The van der Waals surface area contributed by atoms with Crippen molar-refractivity contribution < 1.29 is 18.7 Å². The van der Waals surface area contributed by atoms with E-state index < -0.39 is 6.04 Å². The molecule has 1 aliphatic carbocycles. The van der Waals surface area contributed by atoms with Crippen molar-refractivity contribution in [2.24, 2.45) is 0 Å². The number of carbonyl (C=O) groups excluding carboxylic acids is 2. The van der Waals surface area contributed by atoms with Crippen LogP contribution in [0.5, 0.6) is 0 Å². The minimum Gasteiger partial charge on any atom is -0.459 e. The standard InChI is InChI=1S/C16H20N2O4/c1-9-6-14(22-8-9)16(20)18-11-4-5-21-13(11)7-12(18)15(19)17-10-2-3-10/h6,8,10-13H,2-5,7H2,1H3,(H,17,19)/t11-,12-,13-/m0/s1. The number of amides is 2. The third-order valence-corrected chi connectivity index (χ3v) is 4.73. The molecule has 2 saturated heterocycles. The molecule has 3 atom stereocenters. The quantitative estimate of drug-likeness (QED) is 0.912. The smallest absolute Gasteiger partial charge is 0.290 e. The highest BCUT2D eigenvalue weighted by atomic mass is 16.5. The maximum Gasteiger partial charge on any atom is 0.290 e. The molecule has 6 heteroatoms. The molecule has 3 fully saturated rings. The van der Waals surface area contributed by atoms with Gasteiger partial charge in [-0.15, -0.1) is 0 Å². The summed E-state index contributed by atoms with van der Waals surface area (Å²) in [5.74, 6) is 0.0356.